The molecule has 0 aliphatic heterocycles. The molecule has 1 atom stereocenters. The lowest BCUT2D eigenvalue weighted by molar-refractivity contribution is 0.281. The van der Waals surface area contributed by atoms with Crippen LogP contribution in [0.25, 0.3) is 5.69 Å². The third-order valence-corrected chi connectivity index (χ3v) is 4.10. The highest BCUT2D eigenvalue weighted by molar-refractivity contribution is 5.51. The maximum atomic E-state index is 14.0. The summed E-state index contributed by atoms with van der Waals surface area (Å²) in [4.78, 5) is 0. The highest BCUT2D eigenvalue weighted by Gasteiger charge is 2.14. The van der Waals surface area contributed by atoms with Crippen molar-refractivity contribution in [1.29, 1.82) is 0 Å². The number of hydrogen-bond acceptors (Lipinski definition) is 3. The van der Waals surface area contributed by atoms with E-state index in [9.17, 15) is 9.50 Å². The smallest absolute Gasteiger partial charge is 0.148 e. The zero-order chi connectivity index (χ0) is 17.1. The summed E-state index contributed by atoms with van der Waals surface area (Å²) < 4.78 is 15.6. The molecule has 0 aliphatic carbocycles. The molecule has 0 aliphatic rings. The SMILES string of the molecule is Cc1c(NC(C)c2cccc(CO)c2)cnn1-c1ccccc1F. The molecule has 1 aromatic heterocycles. The minimum Gasteiger partial charge on any atom is -0.392 e. The van der Waals surface area contributed by atoms with Crippen molar-refractivity contribution >= 4 is 5.69 Å². The average molecular weight is 325 g/mol. The summed E-state index contributed by atoms with van der Waals surface area (Å²) in [6.07, 6.45) is 1.70. The van der Waals surface area contributed by atoms with Crippen LogP contribution in [0.2, 0.25) is 0 Å². The van der Waals surface area contributed by atoms with Crippen LogP contribution >= 0.6 is 0 Å². The van der Waals surface area contributed by atoms with Gasteiger partial charge < -0.3 is 10.4 Å². The highest BCUT2D eigenvalue weighted by Crippen LogP contribution is 2.25. The molecule has 0 fully saturated rings. The van der Waals surface area contributed by atoms with Gasteiger partial charge in [-0.2, -0.15) is 5.10 Å². The number of rotatable bonds is 5. The molecule has 0 spiro atoms. The normalized spacial score (nSPS) is 12.2. The molecule has 4 nitrogen and oxygen atoms in total. The van der Waals surface area contributed by atoms with Crippen molar-refractivity contribution in [3.8, 4) is 5.69 Å². The van der Waals surface area contributed by atoms with E-state index in [1.165, 1.54) is 6.07 Å². The highest BCUT2D eigenvalue weighted by atomic mass is 19.1. The summed E-state index contributed by atoms with van der Waals surface area (Å²) in [5.74, 6) is -0.307. The van der Waals surface area contributed by atoms with Crippen molar-refractivity contribution in [2.45, 2.75) is 26.5 Å². The van der Waals surface area contributed by atoms with Gasteiger partial charge in [0.05, 0.1) is 24.2 Å². The van der Waals surface area contributed by atoms with Crippen LogP contribution in [-0.4, -0.2) is 14.9 Å². The van der Waals surface area contributed by atoms with Gasteiger partial charge in [-0.15, -0.1) is 0 Å². The molecule has 124 valence electrons. The van der Waals surface area contributed by atoms with Crippen LogP contribution < -0.4 is 5.32 Å². The number of benzene rings is 2. The van der Waals surface area contributed by atoms with Crippen LogP contribution in [-0.2, 0) is 6.61 Å². The molecule has 0 saturated heterocycles. The van der Waals surface area contributed by atoms with E-state index in [1.54, 1.807) is 29.1 Å². The number of hydrogen-bond donors (Lipinski definition) is 2. The lowest BCUT2D eigenvalue weighted by Gasteiger charge is -2.16. The van der Waals surface area contributed by atoms with Gasteiger partial charge in [0.25, 0.3) is 0 Å². The largest absolute Gasteiger partial charge is 0.392 e. The van der Waals surface area contributed by atoms with Crippen molar-refractivity contribution in [3.63, 3.8) is 0 Å². The van der Waals surface area contributed by atoms with Crippen LogP contribution in [0.1, 0.15) is 29.8 Å². The fourth-order valence-electron chi connectivity index (χ4n) is 2.70. The Morgan fingerprint density at radius 3 is 2.75 bits per heavy atom. The second-order valence-electron chi connectivity index (χ2n) is 5.78. The number of aromatic nitrogens is 2. The van der Waals surface area contributed by atoms with Crippen LogP contribution in [0.15, 0.2) is 54.7 Å². The summed E-state index contributed by atoms with van der Waals surface area (Å²) in [7, 11) is 0. The number of para-hydroxylation sites is 1. The van der Waals surface area contributed by atoms with Crippen molar-refractivity contribution in [2.24, 2.45) is 0 Å². The number of aliphatic hydroxyl groups excluding tert-OH is 1. The van der Waals surface area contributed by atoms with E-state index in [2.05, 4.69) is 10.4 Å². The molecule has 2 N–H and O–H groups in total. The Morgan fingerprint density at radius 1 is 1.21 bits per heavy atom. The van der Waals surface area contributed by atoms with E-state index in [0.29, 0.717) is 5.69 Å². The second kappa shape index (κ2) is 6.84. The summed E-state index contributed by atoms with van der Waals surface area (Å²) in [6.45, 7) is 3.96. The standard InChI is InChI=1S/C19H20FN3O/c1-13(16-7-5-6-15(10-16)12-24)22-18-11-21-23(14(18)2)19-9-4-3-8-17(19)20/h3-11,13,22,24H,12H2,1-2H3. The maximum absolute atomic E-state index is 14.0. The van der Waals surface area contributed by atoms with Crippen molar-refractivity contribution in [3.05, 3.63) is 77.4 Å². The van der Waals surface area contributed by atoms with Gasteiger partial charge in [-0.05, 0) is 37.1 Å². The number of anilines is 1. The second-order valence-corrected chi connectivity index (χ2v) is 5.78. The van der Waals surface area contributed by atoms with Crippen molar-refractivity contribution in [2.75, 3.05) is 5.32 Å². The minimum atomic E-state index is -0.307. The van der Waals surface area contributed by atoms with E-state index < -0.39 is 0 Å². The van der Waals surface area contributed by atoms with Gasteiger partial charge in [0.2, 0.25) is 0 Å². The predicted molar refractivity (Wildman–Crippen MR) is 92.7 cm³/mol. The van der Waals surface area contributed by atoms with Crippen LogP contribution in [0, 0.1) is 12.7 Å². The Bertz CT molecular complexity index is 844. The molecule has 24 heavy (non-hydrogen) atoms. The Morgan fingerprint density at radius 2 is 2.00 bits per heavy atom. The van der Waals surface area contributed by atoms with Gasteiger partial charge in [0.1, 0.15) is 11.5 Å². The Balaban J connectivity index is 1.85. The van der Waals surface area contributed by atoms with Gasteiger partial charge in [-0.3, -0.25) is 0 Å². The van der Waals surface area contributed by atoms with Crippen molar-refractivity contribution < 1.29 is 9.50 Å². The fraction of sp³-hybridized carbons (Fsp3) is 0.211. The number of aliphatic hydroxyl groups is 1. The summed E-state index contributed by atoms with van der Waals surface area (Å²) >= 11 is 0. The molecule has 3 aromatic rings. The molecule has 1 unspecified atom stereocenters. The zero-order valence-electron chi connectivity index (χ0n) is 13.7. The van der Waals surface area contributed by atoms with Gasteiger partial charge >= 0.3 is 0 Å². The Hall–Kier alpha value is -2.66. The number of halogens is 1. The van der Waals surface area contributed by atoms with Crippen LogP contribution in [0.3, 0.4) is 0 Å². The molecule has 2 aromatic carbocycles. The summed E-state index contributed by atoms with van der Waals surface area (Å²) in [5, 5.41) is 17.0. The predicted octanol–water partition coefficient (Wildman–Crippen LogP) is 3.99. The molecule has 0 amide bonds. The van der Waals surface area contributed by atoms with E-state index >= 15 is 0 Å². The first-order chi connectivity index (χ1) is 11.6. The topological polar surface area (TPSA) is 50.1 Å². The van der Waals surface area contributed by atoms with Crippen molar-refractivity contribution in [1.82, 2.24) is 9.78 Å². The molecular formula is C19H20FN3O. The maximum Gasteiger partial charge on any atom is 0.148 e. The summed E-state index contributed by atoms with van der Waals surface area (Å²) in [5.41, 5.74) is 4.06. The first kappa shape index (κ1) is 16.2. The fourth-order valence-corrected chi connectivity index (χ4v) is 2.70. The van der Waals surface area contributed by atoms with Gasteiger partial charge in [-0.25, -0.2) is 9.07 Å². The van der Waals surface area contributed by atoms with Gasteiger partial charge in [0.15, 0.2) is 0 Å². The third-order valence-electron chi connectivity index (χ3n) is 4.10. The van der Waals surface area contributed by atoms with Crippen LogP contribution in [0.4, 0.5) is 10.1 Å². The monoisotopic (exact) mass is 325 g/mol. The lowest BCUT2D eigenvalue weighted by Crippen LogP contribution is -2.08. The van der Waals surface area contributed by atoms with Gasteiger partial charge in [0, 0.05) is 6.04 Å². The molecule has 5 heteroatoms. The number of nitrogens with one attached hydrogen (secondary N) is 1. The molecule has 0 bridgehead atoms. The van der Waals surface area contributed by atoms with E-state index in [4.69, 9.17) is 0 Å². The first-order valence-electron chi connectivity index (χ1n) is 7.86. The minimum absolute atomic E-state index is 0.0187. The Labute approximate surface area is 140 Å². The average Bonchev–Trinajstić information content (AvgIpc) is 2.96. The molecule has 0 radical (unpaired) electrons. The quantitative estimate of drug-likeness (QED) is 0.746. The van der Waals surface area contributed by atoms with Crippen LogP contribution in [0.5, 0.6) is 0 Å². The van der Waals surface area contributed by atoms with E-state index in [0.717, 1.165) is 22.5 Å². The van der Waals surface area contributed by atoms with E-state index in [1.807, 2.05) is 38.1 Å². The first-order valence-corrected chi connectivity index (χ1v) is 7.86. The molecule has 3 rings (SSSR count). The third kappa shape index (κ3) is 3.16. The van der Waals surface area contributed by atoms with Gasteiger partial charge in [-0.1, -0.05) is 36.4 Å². The molecular weight excluding hydrogens is 305 g/mol. The molecule has 1 heterocycles. The summed E-state index contributed by atoms with van der Waals surface area (Å²) in [6, 6.07) is 14.4. The lowest BCUT2D eigenvalue weighted by atomic mass is 10.1. The zero-order valence-corrected chi connectivity index (χ0v) is 13.7. The Kier molecular flexibility index (Phi) is 4.62. The number of nitrogens with zero attached hydrogens (tertiary/aromatic N) is 2. The van der Waals surface area contributed by atoms with E-state index in [-0.39, 0.29) is 18.5 Å². The molecule has 0 saturated carbocycles.